The third-order valence-electron chi connectivity index (χ3n) is 4.49. The van der Waals surface area contributed by atoms with Crippen LogP contribution in [0.15, 0.2) is 48.5 Å². The van der Waals surface area contributed by atoms with E-state index in [0.29, 0.717) is 36.4 Å². The minimum Gasteiger partial charge on any atom is -0.493 e. The fraction of sp³-hybridized carbons (Fsp3) is 0.300. The van der Waals surface area contributed by atoms with Gasteiger partial charge in [-0.05, 0) is 24.1 Å². The van der Waals surface area contributed by atoms with Crippen LogP contribution in [0, 0.1) is 0 Å². The average Bonchev–Trinajstić information content (AvgIpc) is 3.02. The predicted molar refractivity (Wildman–Crippen MR) is 93.9 cm³/mol. The smallest absolute Gasteiger partial charge is 0.223 e. The molecule has 0 N–H and O–H groups in total. The van der Waals surface area contributed by atoms with Crippen molar-refractivity contribution in [1.82, 2.24) is 4.90 Å². The summed E-state index contributed by atoms with van der Waals surface area (Å²) in [5.41, 5.74) is 1.54. The first-order valence-electron chi connectivity index (χ1n) is 8.23. The summed E-state index contributed by atoms with van der Waals surface area (Å²) in [6.45, 7) is 0.377. The summed E-state index contributed by atoms with van der Waals surface area (Å²) in [5.74, 6) is 1.24. The maximum absolute atomic E-state index is 12.8. The normalized spacial score (nSPS) is 16.8. The summed E-state index contributed by atoms with van der Waals surface area (Å²) < 4.78 is 10.6. The van der Waals surface area contributed by atoms with Crippen molar-refractivity contribution in [2.24, 2.45) is 0 Å². The number of ketones is 1. The minimum absolute atomic E-state index is 0.00376. The molecule has 25 heavy (non-hydrogen) atoms. The monoisotopic (exact) mass is 339 g/mol. The van der Waals surface area contributed by atoms with Gasteiger partial charge in [-0.1, -0.05) is 36.4 Å². The zero-order valence-electron chi connectivity index (χ0n) is 14.4. The van der Waals surface area contributed by atoms with E-state index in [4.69, 9.17) is 9.47 Å². The number of hydrogen-bond acceptors (Lipinski definition) is 4. The molecule has 0 aromatic heterocycles. The Kier molecular flexibility index (Phi) is 5.03. The van der Waals surface area contributed by atoms with Gasteiger partial charge in [0, 0.05) is 18.5 Å². The molecule has 0 spiro atoms. The molecule has 1 heterocycles. The number of rotatable bonds is 6. The maximum atomic E-state index is 12.8. The first-order valence-corrected chi connectivity index (χ1v) is 8.23. The van der Waals surface area contributed by atoms with Crippen molar-refractivity contribution in [3.05, 3.63) is 59.7 Å². The third-order valence-corrected chi connectivity index (χ3v) is 4.49. The van der Waals surface area contributed by atoms with E-state index in [0.717, 1.165) is 5.56 Å². The van der Waals surface area contributed by atoms with E-state index in [2.05, 4.69) is 0 Å². The predicted octanol–water partition coefficient (Wildman–Crippen LogP) is 3.08. The Hall–Kier alpha value is -2.82. The van der Waals surface area contributed by atoms with Crippen LogP contribution < -0.4 is 9.47 Å². The van der Waals surface area contributed by atoms with Crippen molar-refractivity contribution >= 4 is 11.7 Å². The number of likely N-dealkylation sites (tertiary alicyclic amines) is 1. The lowest BCUT2D eigenvalue weighted by atomic mass is 10.0. The number of amides is 1. The molecule has 3 rings (SSSR count). The Morgan fingerprint density at radius 3 is 2.48 bits per heavy atom. The van der Waals surface area contributed by atoms with Crippen LogP contribution in [0.1, 0.15) is 28.8 Å². The highest BCUT2D eigenvalue weighted by atomic mass is 16.5. The van der Waals surface area contributed by atoms with E-state index in [9.17, 15) is 9.59 Å². The van der Waals surface area contributed by atoms with Crippen molar-refractivity contribution in [1.29, 1.82) is 0 Å². The molecule has 0 saturated carbocycles. The van der Waals surface area contributed by atoms with Crippen molar-refractivity contribution in [3.63, 3.8) is 0 Å². The summed E-state index contributed by atoms with van der Waals surface area (Å²) in [6.07, 6.45) is 0.955. The van der Waals surface area contributed by atoms with Gasteiger partial charge in [-0.15, -0.1) is 0 Å². The van der Waals surface area contributed by atoms with Crippen LogP contribution >= 0.6 is 0 Å². The molecule has 5 heteroatoms. The van der Waals surface area contributed by atoms with Gasteiger partial charge in [0.25, 0.3) is 0 Å². The van der Waals surface area contributed by atoms with Crippen LogP contribution in [0.3, 0.4) is 0 Å². The maximum Gasteiger partial charge on any atom is 0.223 e. The van der Waals surface area contributed by atoms with E-state index >= 15 is 0 Å². The summed E-state index contributed by atoms with van der Waals surface area (Å²) >= 11 is 0. The number of ether oxygens (including phenoxy) is 2. The molecule has 1 atom stereocenters. The summed E-state index contributed by atoms with van der Waals surface area (Å²) in [6, 6.07) is 14.2. The largest absolute Gasteiger partial charge is 0.493 e. The van der Waals surface area contributed by atoms with Gasteiger partial charge in [0.05, 0.1) is 20.3 Å². The lowest BCUT2D eigenvalue weighted by Gasteiger charge is -2.24. The van der Waals surface area contributed by atoms with Gasteiger partial charge < -0.3 is 14.4 Å². The van der Waals surface area contributed by atoms with Gasteiger partial charge in [-0.3, -0.25) is 9.59 Å². The van der Waals surface area contributed by atoms with Crippen molar-refractivity contribution < 1.29 is 19.1 Å². The molecule has 130 valence electrons. The molecule has 1 aliphatic heterocycles. The topological polar surface area (TPSA) is 55.8 Å². The molecule has 1 fully saturated rings. The van der Waals surface area contributed by atoms with Gasteiger partial charge in [0.15, 0.2) is 17.3 Å². The molecular weight excluding hydrogens is 318 g/mol. The molecule has 0 bridgehead atoms. The molecule has 0 aliphatic carbocycles. The molecule has 2 aromatic rings. The fourth-order valence-corrected chi connectivity index (χ4v) is 3.17. The number of hydrogen-bond donors (Lipinski definition) is 0. The summed E-state index contributed by atoms with van der Waals surface area (Å²) in [7, 11) is 3.15. The number of carbonyl (C=O) groups is 2. The first-order chi connectivity index (χ1) is 12.1. The van der Waals surface area contributed by atoms with Crippen LogP contribution in [-0.2, 0) is 11.3 Å². The van der Waals surface area contributed by atoms with Crippen LogP contribution in [0.2, 0.25) is 0 Å². The number of Topliss-reactive ketones (excluding diaryl/α,β-unsaturated/α-hetero) is 1. The Morgan fingerprint density at radius 2 is 1.80 bits per heavy atom. The lowest BCUT2D eigenvalue weighted by Crippen LogP contribution is -2.38. The highest BCUT2D eigenvalue weighted by molar-refractivity contribution is 6.03. The second-order valence-electron chi connectivity index (χ2n) is 6.00. The van der Waals surface area contributed by atoms with Crippen molar-refractivity contribution in [3.8, 4) is 11.5 Å². The molecule has 1 saturated heterocycles. The Bertz CT molecular complexity index is 773. The Labute approximate surface area is 147 Å². The lowest BCUT2D eigenvalue weighted by molar-refractivity contribution is -0.129. The first kappa shape index (κ1) is 17.0. The molecule has 2 aromatic carbocycles. The van der Waals surface area contributed by atoms with Gasteiger partial charge in [0.2, 0.25) is 5.91 Å². The molecule has 1 unspecified atom stereocenters. The van der Waals surface area contributed by atoms with Crippen molar-refractivity contribution in [2.75, 3.05) is 14.2 Å². The second kappa shape index (κ2) is 7.38. The van der Waals surface area contributed by atoms with Gasteiger partial charge in [-0.25, -0.2) is 0 Å². The van der Waals surface area contributed by atoms with Crippen LogP contribution in [0.4, 0.5) is 0 Å². The van der Waals surface area contributed by atoms with E-state index in [-0.39, 0.29) is 11.7 Å². The summed E-state index contributed by atoms with van der Waals surface area (Å²) in [4.78, 5) is 26.8. The number of carbonyl (C=O) groups excluding carboxylic acids is 2. The fourth-order valence-electron chi connectivity index (χ4n) is 3.17. The van der Waals surface area contributed by atoms with Gasteiger partial charge >= 0.3 is 0 Å². The highest BCUT2D eigenvalue weighted by Crippen LogP contribution is 2.30. The average molecular weight is 339 g/mol. The van der Waals surface area contributed by atoms with E-state index in [1.54, 1.807) is 31.3 Å². The molecule has 5 nitrogen and oxygen atoms in total. The standard InChI is InChI=1S/C20H21NO4/c1-24-17-10-8-14(12-18(17)25-2)13-21-16(9-11-19(21)22)20(23)15-6-4-3-5-7-15/h3-8,10,12,16H,9,11,13H2,1-2H3. The van der Waals surface area contributed by atoms with E-state index in [1.165, 1.54) is 0 Å². The van der Waals surface area contributed by atoms with Crippen LogP contribution in [0.25, 0.3) is 0 Å². The van der Waals surface area contributed by atoms with Gasteiger partial charge in [-0.2, -0.15) is 0 Å². The van der Waals surface area contributed by atoms with Crippen molar-refractivity contribution in [2.45, 2.75) is 25.4 Å². The number of methoxy groups -OCH3 is 2. The van der Waals surface area contributed by atoms with Crippen LogP contribution in [0.5, 0.6) is 11.5 Å². The quantitative estimate of drug-likeness (QED) is 0.759. The molecule has 0 radical (unpaired) electrons. The zero-order chi connectivity index (χ0) is 17.8. The zero-order valence-corrected chi connectivity index (χ0v) is 14.4. The molecular formula is C20H21NO4. The Balaban J connectivity index is 1.82. The SMILES string of the molecule is COc1ccc(CN2C(=O)CCC2C(=O)c2ccccc2)cc1OC. The summed E-state index contributed by atoms with van der Waals surface area (Å²) in [5, 5.41) is 0. The number of nitrogens with zero attached hydrogens (tertiary/aromatic N) is 1. The second-order valence-corrected chi connectivity index (χ2v) is 6.00. The van der Waals surface area contributed by atoms with Gasteiger partial charge in [0.1, 0.15) is 0 Å². The molecule has 1 aliphatic rings. The van der Waals surface area contributed by atoms with Crippen LogP contribution in [-0.4, -0.2) is 36.9 Å². The third kappa shape index (κ3) is 3.50. The minimum atomic E-state index is -0.414. The number of benzene rings is 2. The Morgan fingerprint density at radius 1 is 1.08 bits per heavy atom. The van der Waals surface area contributed by atoms with E-state index in [1.807, 2.05) is 36.4 Å². The highest BCUT2D eigenvalue weighted by Gasteiger charge is 2.36. The van der Waals surface area contributed by atoms with E-state index < -0.39 is 6.04 Å². The molecule has 1 amide bonds.